The number of hydrogen-bond donors (Lipinski definition) is 0. The van der Waals surface area contributed by atoms with Crippen LogP contribution >= 0.6 is 0 Å². The van der Waals surface area contributed by atoms with Crippen LogP contribution in [0.2, 0.25) is 18.1 Å². The van der Waals surface area contributed by atoms with E-state index in [0.717, 1.165) is 22.3 Å². The highest BCUT2D eigenvalue weighted by Crippen LogP contribution is 2.44. The zero-order chi connectivity index (χ0) is 22.9. The lowest BCUT2D eigenvalue weighted by Crippen LogP contribution is -2.46. The molecule has 2 heterocycles. The van der Waals surface area contributed by atoms with Crippen molar-refractivity contribution >= 4 is 20.6 Å². The highest BCUT2D eigenvalue weighted by Gasteiger charge is 2.51. The van der Waals surface area contributed by atoms with Crippen molar-refractivity contribution in [3.05, 3.63) is 48.6 Å². The molecule has 0 aromatic carbocycles. The van der Waals surface area contributed by atoms with Crippen LogP contribution in [0.15, 0.2) is 48.6 Å². The molecule has 1 unspecified atom stereocenters. The number of hydrogen-bond acceptors (Lipinski definition) is 5. The normalized spacial score (nSPS) is 29.7. The van der Waals surface area contributed by atoms with Gasteiger partial charge in [-0.1, -0.05) is 52.7 Å². The minimum absolute atomic E-state index is 0.0329. The van der Waals surface area contributed by atoms with E-state index in [-0.39, 0.29) is 36.2 Å². The summed E-state index contributed by atoms with van der Waals surface area (Å²) in [6.45, 7) is 27.6. The fourth-order valence-electron chi connectivity index (χ4n) is 3.21. The number of ether oxygens (including phenoxy) is 2. The van der Waals surface area contributed by atoms with Gasteiger partial charge in [-0.05, 0) is 47.7 Å². The summed E-state index contributed by atoms with van der Waals surface area (Å²) in [6, 6.07) is 0. The van der Waals surface area contributed by atoms with Gasteiger partial charge in [-0.3, -0.25) is 9.59 Å². The van der Waals surface area contributed by atoms with Crippen molar-refractivity contribution in [2.75, 3.05) is 0 Å². The van der Waals surface area contributed by atoms with Crippen LogP contribution in [-0.2, 0) is 23.5 Å². The zero-order valence-corrected chi connectivity index (χ0v) is 20.1. The van der Waals surface area contributed by atoms with E-state index in [1.165, 1.54) is 0 Å². The fourth-order valence-corrected chi connectivity index (χ4v) is 4.50. The number of rotatable bonds is 3. The average Bonchev–Trinajstić information content (AvgIpc) is 3.42. The predicted molar refractivity (Wildman–Crippen MR) is 122 cm³/mol. The van der Waals surface area contributed by atoms with Gasteiger partial charge in [-0.25, -0.2) is 0 Å². The van der Waals surface area contributed by atoms with Gasteiger partial charge >= 0.3 is 5.97 Å². The molecule has 0 bridgehead atoms. The third-order valence-electron chi connectivity index (χ3n) is 6.33. The number of esters is 1. The minimum Gasteiger partial charge on any atom is -0.454 e. The van der Waals surface area contributed by atoms with Gasteiger partial charge in [0.2, 0.25) is 0 Å². The van der Waals surface area contributed by atoms with Gasteiger partial charge in [-0.15, -0.1) is 0 Å². The number of aldehydes is 1. The third-order valence-corrected chi connectivity index (χ3v) is 10.8. The lowest BCUT2D eigenvalue weighted by Gasteiger charge is -2.39. The van der Waals surface area contributed by atoms with Crippen molar-refractivity contribution in [2.24, 2.45) is 0 Å². The maximum atomic E-state index is 12.1. The maximum absolute atomic E-state index is 12.1. The molecule has 166 valence electrons. The summed E-state index contributed by atoms with van der Waals surface area (Å²) in [5, 5.41) is 0.0329. The molecular weight excluding hydrogens is 396 g/mol. The topological polar surface area (TPSA) is 65.1 Å². The Balaban J connectivity index is 2.30. The van der Waals surface area contributed by atoms with Crippen molar-refractivity contribution in [3.63, 3.8) is 0 Å². The van der Waals surface area contributed by atoms with Crippen molar-refractivity contribution in [1.29, 1.82) is 0 Å². The summed E-state index contributed by atoms with van der Waals surface area (Å²) in [4.78, 5) is 23.5. The Morgan fingerprint density at radius 2 is 1.70 bits per heavy atom. The van der Waals surface area contributed by atoms with Gasteiger partial charge in [0.1, 0.15) is 12.2 Å². The zero-order valence-electron chi connectivity index (χ0n) is 19.1. The molecule has 4 atom stereocenters. The van der Waals surface area contributed by atoms with Crippen molar-refractivity contribution in [3.8, 4) is 0 Å². The number of epoxide rings is 1. The predicted octanol–water partition coefficient (Wildman–Crippen LogP) is 5.05. The Morgan fingerprint density at radius 3 is 2.27 bits per heavy atom. The second kappa shape index (κ2) is 9.16. The third kappa shape index (κ3) is 5.90. The Hall–Kier alpha value is -1.76. The quantitative estimate of drug-likeness (QED) is 0.205. The summed E-state index contributed by atoms with van der Waals surface area (Å²) in [7, 11) is -2.10. The van der Waals surface area contributed by atoms with E-state index in [9.17, 15) is 9.59 Å². The smallest absolute Gasteiger partial charge is 0.306 e. The monoisotopic (exact) mass is 432 g/mol. The van der Waals surface area contributed by atoms with E-state index in [1.807, 2.05) is 0 Å². The van der Waals surface area contributed by atoms with E-state index >= 15 is 0 Å². The number of fused-ring (bicyclic) bond motifs is 1. The van der Waals surface area contributed by atoms with Crippen LogP contribution < -0.4 is 0 Å². The fraction of sp³-hybridized carbons (Fsp3) is 0.583. The molecule has 2 rings (SSSR count). The van der Waals surface area contributed by atoms with Crippen LogP contribution in [0.5, 0.6) is 0 Å². The summed E-state index contributed by atoms with van der Waals surface area (Å²) in [6.07, 6.45) is 0.356. The first-order chi connectivity index (χ1) is 13.8. The number of carbonyl (C=O) groups is 2. The molecule has 0 saturated carbocycles. The average molecular weight is 433 g/mol. The number of carbonyl (C=O) groups excluding carboxylic acids is 2. The summed E-state index contributed by atoms with van der Waals surface area (Å²) in [5.41, 5.74) is 3.20. The molecule has 0 spiro atoms. The SMILES string of the molecule is C=C1CCC(=O)O[C@H](C=O)CC(=C)[C@H]2O[C@@H]2C(O[Si](C)(C)C(C)(C)C)C(=C)CC1=C. The molecule has 2 aliphatic rings. The van der Waals surface area contributed by atoms with Crippen molar-refractivity contribution in [2.45, 2.75) is 89.0 Å². The Labute approximate surface area is 182 Å². The van der Waals surface area contributed by atoms with E-state index < -0.39 is 20.4 Å². The van der Waals surface area contributed by atoms with Gasteiger partial charge in [0.25, 0.3) is 0 Å². The standard InChI is InChI=1S/C24H36O5Si/c1-15-10-11-20(26)27-19(14-25)13-18(4)21-23(28-21)22(17(3)12-16(15)2)29-30(8,9)24(5,6)7/h14,19,21-23H,1-4,10-13H2,5-9H3/t19-,21+,22?,23-/m0/s1. The second-order valence-corrected chi connectivity index (χ2v) is 14.6. The van der Waals surface area contributed by atoms with E-state index in [2.05, 4.69) is 60.2 Å². The van der Waals surface area contributed by atoms with Gasteiger partial charge < -0.3 is 13.9 Å². The molecule has 30 heavy (non-hydrogen) atoms. The van der Waals surface area contributed by atoms with E-state index in [0.29, 0.717) is 19.1 Å². The van der Waals surface area contributed by atoms with Crippen LogP contribution in [0.1, 0.15) is 46.5 Å². The molecule has 0 aromatic rings. The maximum Gasteiger partial charge on any atom is 0.306 e. The lowest BCUT2D eigenvalue weighted by molar-refractivity contribution is -0.151. The van der Waals surface area contributed by atoms with E-state index in [1.54, 1.807) is 0 Å². The first kappa shape index (κ1) is 24.5. The van der Waals surface area contributed by atoms with Crippen LogP contribution in [0.3, 0.4) is 0 Å². The number of cyclic esters (lactones) is 1. The summed E-state index contributed by atoms with van der Waals surface area (Å²) >= 11 is 0. The first-order valence-corrected chi connectivity index (χ1v) is 13.4. The summed E-state index contributed by atoms with van der Waals surface area (Å²) < 4.78 is 18.0. The van der Waals surface area contributed by atoms with Crippen LogP contribution in [-0.4, -0.2) is 45.0 Å². The molecule has 0 amide bonds. The first-order valence-electron chi connectivity index (χ1n) is 10.5. The molecule has 2 aliphatic heterocycles. The number of allylic oxidation sites excluding steroid dienone is 2. The molecule has 0 N–H and O–H groups in total. The molecule has 0 aliphatic carbocycles. The Bertz CT molecular complexity index is 758. The summed E-state index contributed by atoms with van der Waals surface area (Å²) in [5.74, 6) is -0.433. The molecule has 2 fully saturated rings. The largest absolute Gasteiger partial charge is 0.454 e. The lowest BCUT2D eigenvalue weighted by atomic mass is 9.92. The second-order valence-electron chi connectivity index (χ2n) is 9.89. The van der Waals surface area contributed by atoms with Gasteiger partial charge in [0.05, 0.1) is 6.10 Å². The molecular formula is C24H36O5Si. The highest BCUT2D eigenvalue weighted by molar-refractivity contribution is 6.74. The van der Waals surface area contributed by atoms with E-state index in [4.69, 9.17) is 13.9 Å². The molecule has 0 radical (unpaired) electrons. The van der Waals surface area contributed by atoms with Gasteiger partial charge in [0.15, 0.2) is 20.7 Å². The molecule has 2 saturated heterocycles. The molecule has 0 aromatic heterocycles. The van der Waals surface area contributed by atoms with Gasteiger partial charge in [-0.2, -0.15) is 0 Å². The van der Waals surface area contributed by atoms with Crippen LogP contribution in [0, 0.1) is 0 Å². The Morgan fingerprint density at radius 1 is 1.07 bits per heavy atom. The van der Waals surface area contributed by atoms with Crippen molar-refractivity contribution < 1.29 is 23.5 Å². The highest BCUT2D eigenvalue weighted by atomic mass is 28.4. The minimum atomic E-state index is -2.10. The van der Waals surface area contributed by atoms with Crippen LogP contribution in [0.4, 0.5) is 0 Å². The molecule has 5 nitrogen and oxygen atoms in total. The van der Waals surface area contributed by atoms with Gasteiger partial charge in [0, 0.05) is 12.8 Å². The molecule has 6 heteroatoms. The van der Waals surface area contributed by atoms with Crippen LogP contribution in [0.25, 0.3) is 0 Å². The Kier molecular flexibility index (Phi) is 7.48. The van der Waals surface area contributed by atoms with Crippen molar-refractivity contribution in [1.82, 2.24) is 0 Å².